The molecule has 3 rings (SSSR count). The molecule has 1 aliphatic carbocycles. The lowest BCUT2D eigenvalue weighted by molar-refractivity contribution is 0.0292. The molecular formula is C14H21N3O3. The van der Waals surface area contributed by atoms with E-state index in [0.29, 0.717) is 19.0 Å². The molecule has 2 heterocycles. The molecule has 0 bridgehead atoms. The zero-order chi connectivity index (χ0) is 14.3. The molecule has 1 amide bonds. The second-order valence-electron chi connectivity index (χ2n) is 6.68. The maximum absolute atomic E-state index is 12.0. The third kappa shape index (κ3) is 2.94. The number of nitrogens with zero attached hydrogens (tertiary/aromatic N) is 3. The lowest BCUT2D eigenvalue weighted by atomic mass is 10.1. The van der Waals surface area contributed by atoms with Gasteiger partial charge in [-0.1, -0.05) is 5.16 Å². The van der Waals surface area contributed by atoms with E-state index < -0.39 is 5.60 Å². The lowest BCUT2D eigenvalue weighted by Gasteiger charge is -2.24. The van der Waals surface area contributed by atoms with Crippen LogP contribution in [0.3, 0.4) is 0 Å². The van der Waals surface area contributed by atoms with Crippen LogP contribution >= 0.6 is 0 Å². The monoisotopic (exact) mass is 279 g/mol. The van der Waals surface area contributed by atoms with Crippen LogP contribution in [0.2, 0.25) is 0 Å². The molecule has 0 spiro atoms. The Kier molecular flexibility index (Phi) is 3.18. The number of likely N-dealkylation sites (tertiary alicyclic amines) is 1. The summed E-state index contributed by atoms with van der Waals surface area (Å²) in [6.07, 6.45) is 2.90. The van der Waals surface area contributed by atoms with Gasteiger partial charge in [0.2, 0.25) is 5.89 Å². The SMILES string of the molecule is CC(C)(C)OC(=O)N1CCC(c2noc(C3CC3)n2)C1. The van der Waals surface area contributed by atoms with E-state index in [9.17, 15) is 4.79 Å². The molecule has 0 aromatic carbocycles. The molecule has 1 saturated carbocycles. The van der Waals surface area contributed by atoms with Gasteiger partial charge in [0.05, 0.1) is 0 Å². The first-order valence-electron chi connectivity index (χ1n) is 7.24. The van der Waals surface area contributed by atoms with Crippen LogP contribution in [0, 0.1) is 0 Å². The molecule has 0 radical (unpaired) electrons. The van der Waals surface area contributed by atoms with Gasteiger partial charge < -0.3 is 14.2 Å². The Balaban J connectivity index is 1.59. The smallest absolute Gasteiger partial charge is 0.410 e. The van der Waals surface area contributed by atoms with E-state index in [1.54, 1.807) is 4.90 Å². The average Bonchev–Trinajstić information content (AvgIpc) is 2.91. The summed E-state index contributed by atoms with van der Waals surface area (Å²) in [4.78, 5) is 18.2. The fraction of sp³-hybridized carbons (Fsp3) is 0.786. The predicted molar refractivity (Wildman–Crippen MR) is 71.4 cm³/mol. The first kappa shape index (κ1) is 13.4. The maximum Gasteiger partial charge on any atom is 0.410 e. The summed E-state index contributed by atoms with van der Waals surface area (Å²) in [6, 6.07) is 0. The summed E-state index contributed by atoms with van der Waals surface area (Å²) in [5.41, 5.74) is -0.458. The van der Waals surface area contributed by atoms with Crippen molar-refractivity contribution in [2.24, 2.45) is 0 Å². The quantitative estimate of drug-likeness (QED) is 0.832. The third-order valence-corrected chi connectivity index (χ3v) is 3.59. The number of aromatic nitrogens is 2. The van der Waals surface area contributed by atoms with Gasteiger partial charge in [-0.3, -0.25) is 0 Å². The fourth-order valence-corrected chi connectivity index (χ4v) is 2.37. The largest absolute Gasteiger partial charge is 0.444 e. The third-order valence-electron chi connectivity index (χ3n) is 3.59. The van der Waals surface area contributed by atoms with Crippen LogP contribution in [0.25, 0.3) is 0 Å². The highest BCUT2D eigenvalue weighted by atomic mass is 16.6. The molecule has 2 fully saturated rings. The van der Waals surface area contributed by atoms with E-state index >= 15 is 0 Å². The molecule has 1 aromatic heterocycles. The van der Waals surface area contributed by atoms with Crippen molar-refractivity contribution in [2.45, 2.75) is 57.5 Å². The Morgan fingerprint density at radius 3 is 2.70 bits per heavy atom. The molecular weight excluding hydrogens is 258 g/mol. The highest BCUT2D eigenvalue weighted by molar-refractivity contribution is 5.68. The number of carbonyl (C=O) groups excluding carboxylic acids is 1. The summed E-state index contributed by atoms with van der Waals surface area (Å²) in [5, 5.41) is 4.06. The fourth-order valence-electron chi connectivity index (χ4n) is 2.37. The summed E-state index contributed by atoms with van der Waals surface area (Å²) >= 11 is 0. The van der Waals surface area contributed by atoms with Crippen LogP contribution in [0.4, 0.5) is 4.79 Å². The zero-order valence-corrected chi connectivity index (χ0v) is 12.3. The van der Waals surface area contributed by atoms with Gasteiger partial charge in [-0.15, -0.1) is 0 Å². The van der Waals surface area contributed by atoms with Crippen molar-refractivity contribution in [3.05, 3.63) is 11.7 Å². The summed E-state index contributed by atoms with van der Waals surface area (Å²) in [6.45, 7) is 6.92. The number of hydrogen-bond acceptors (Lipinski definition) is 5. The summed E-state index contributed by atoms with van der Waals surface area (Å²) in [7, 11) is 0. The van der Waals surface area contributed by atoms with Gasteiger partial charge in [-0.25, -0.2) is 4.79 Å². The van der Waals surface area contributed by atoms with Gasteiger partial charge >= 0.3 is 6.09 Å². The summed E-state index contributed by atoms with van der Waals surface area (Å²) < 4.78 is 10.7. The minimum absolute atomic E-state index is 0.166. The number of ether oxygens (including phenoxy) is 1. The lowest BCUT2D eigenvalue weighted by Crippen LogP contribution is -2.35. The van der Waals surface area contributed by atoms with Crippen molar-refractivity contribution >= 4 is 6.09 Å². The normalized spacial score (nSPS) is 23.1. The van der Waals surface area contributed by atoms with E-state index in [2.05, 4.69) is 10.1 Å². The van der Waals surface area contributed by atoms with Gasteiger partial charge in [0, 0.05) is 24.9 Å². The van der Waals surface area contributed by atoms with Crippen LogP contribution < -0.4 is 0 Å². The molecule has 1 atom stereocenters. The second kappa shape index (κ2) is 4.75. The standard InChI is InChI=1S/C14H21N3O3/c1-14(2,3)19-13(18)17-7-6-10(8-17)11-15-12(20-16-11)9-4-5-9/h9-10H,4-8H2,1-3H3. The van der Waals surface area contributed by atoms with E-state index in [4.69, 9.17) is 9.26 Å². The zero-order valence-electron chi connectivity index (χ0n) is 12.3. The van der Waals surface area contributed by atoms with Crippen molar-refractivity contribution in [1.29, 1.82) is 0 Å². The van der Waals surface area contributed by atoms with Gasteiger partial charge in [-0.2, -0.15) is 4.98 Å². The van der Waals surface area contributed by atoms with Crippen molar-refractivity contribution in [3.63, 3.8) is 0 Å². The second-order valence-corrected chi connectivity index (χ2v) is 6.68. The number of hydrogen-bond donors (Lipinski definition) is 0. The van der Waals surface area contributed by atoms with Crippen molar-refractivity contribution in [2.75, 3.05) is 13.1 Å². The van der Waals surface area contributed by atoms with Gasteiger partial charge in [-0.05, 0) is 40.0 Å². The minimum atomic E-state index is -0.458. The van der Waals surface area contributed by atoms with E-state index in [0.717, 1.165) is 31.0 Å². The average molecular weight is 279 g/mol. The molecule has 6 nitrogen and oxygen atoms in total. The highest BCUT2D eigenvalue weighted by Gasteiger charge is 2.35. The molecule has 0 N–H and O–H groups in total. The van der Waals surface area contributed by atoms with Gasteiger partial charge in [0.1, 0.15) is 5.60 Å². The Morgan fingerprint density at radius 2 is 2.05 bits per heavy atom. The molecule has 6 heteroatoms. The topological polar surface area (TPSA) is 68.5 Å². The minimum Gasteiger partial charge on any atom is -0.444 e. The van der Waals surface area contributed by atoms with Crippen molar-refractivity contribution in [1.82, 2.24) is 15.0 Å². The van der Waals surface area contributed by atoms with Crippen LogP contribution in [0.1, 0.15) is 63.6 Å². The molecule has 1 saturated heterocycles. The van der Waals surface area contributed by atoms with Crippen LogP contribution in [0.5, 0.6) is 0 Å². The molecule has 1 aliphatic heterocycles. The van der Waals surface area contributed by atoms with Gasteiger partial charge in [0.25, 0.3) is 0 Å². The number of amides is 1. The highest BCUT2D eigenvalue weighted by Crippen LogP contribution is 2.39. The van der Waals surface area contributed by atoms with Crippen LogP contribution in [-0.2, 0) is 4.74 Å². The van der Waals surface area contributed by atoms with Crippen molar-refractivity contribution < 1.29 is 14.1 Å². The first-order valence-corrected chi connectivity index (χ1v) is 7.24. The van der Waals surface area contributed by atoms with E-state index in [1.165, 1.54) is 0 Å². The van der Waals surface area contributed by atoms with E-state index in [1.807, 2.05) is 20.8 Å². The Hall–Kier alpha value is -1.59. The Bertz CT molecular complexity index is 502. The van der Waals surface area contributed by atoms with Gasteiger partial charge in [0.15, 0.2) is 5.82 Å². The van der Waals surface area contributed by atoms with Crippen LogP contribution in [-0.4, -0.2) is 39.8 Å². The number of rotatable bonds is 2. The predicted octanol–water partition coefficient (Wildman–Crippen LogP) is 2.67. The molecule has 20 heavy (non-hydrogen) atoms. The van der Waals surface area contributed by atoms with E-state index in [-0.39, 0.29) is 12.0 Å². The van der Waals surface area contributed by atoms with Crippen LogP contribution in [0.15, 0.2) is 4.52 Å². The first-order chi connectivity index (χ1) is 9.42. The number of carbonyl (C=O) groups is 1. The summed E-state index contributed by atoms with van der Waals surface area (Å²) in [5.74, 6) is 2.13. The molecule has 2 aliphatic rings. The van der Waals surface area contributed by atoms with Crippen molar-refractivity contribution in [3.8, 4) is 0 Å². The Labute approximate surface area is 118 Å². The molecule has 1 aromatic rings. The Morgan fingerprint density at radius 1 is 1.30 bits per heavy atom. The molecule has 1 unspecified atom stereocenters. The molecule has 110 valence electrons. The maximum atomic E-state index is 12.0.